The Bertz CT molecular complexity index is 268. The third-order valence-corrected chi connectivity index (χ3v) is 2.98. The Morgan fingerprint density at radius 3 is 3.19 bits per heavy atom. The van der Waals surface area contributed by atoms with E-state index in [1.807, 2.05) is 23.1 Å². The molecule has 1 aromatic rings. The molecule has 4 nitrogen and oxygen atoms in total. The standard InChI is InChI=1S/C12H21N3O/c1(4-12-5-2-11-16-12)6-13-8-10-15-9-3-7-14-15/h3,7,9,12-13H,1-2,4-6,8,10-11H2. The van der Waals surface area contributed by atoms with Crippen molar-refractivity contribution in [2.45, 2.75) is 38.3 Å². The van der Waals surface area contributed by atoms with Crippen LogP contribution in [0, 0.1) is 0 Å². The first kappa shape index (κ1) is 11.6. The van der Waals surface area contributed by atoms with Gasteiger partial charge in [0.15, 0.2) is 0 Å². The molecular weight excluding hydrogens is 202 g/mol. The highest BCUT2D eigenvalue weighted by Crippen LogP contribution is 2.16. The molecule has 0 amide bonds. The van der Waals surface area contributed by atoms with E-state index in [4.69, 9.17) is 4.74 Å². The van der Waals surface area contributed by atoms with Gasteiger partial charge in [0, 0.05) is 25.5 Å². The molecule has 2 rings (SSSR count). The highest BCUT2D eigenvalue weighted by molar-refractivity contribution is 4.77. The van der Waals surface area contributed by atoms with Crippen molar-refractivity contribution in [2.24, 2.45) is 0 Å². The van der Waals surface area contributed by atoms with Gasteiger partial charge in [-0.15, -0.1) is 0 Å². The molecule has 4 heteroatoms. The minimum Gasteiger partial charge on any atom is -0.378 e. The molecule has 0 aromatic carbocycles. The van der Waals surface area contributed by atoms with E-state index in [9.17, 15) is 0 Å². The molecule has 1 unspecified atom stereocenters. The molecule has 0 radical (unpaired) electrons. The summed E-state index contributed by atoms with van der Waals surface area (Å²) in [5.74, 6) is 0. The average Bonchev–Trinajstić information content (AvgIpc) is 2.96. The topological polar surface area (TPSA) is 39.1 Å². The summed E-state index contributed by atoms with van der Waals surface area (Å²) in [6, 6.07) is 1.96. The van der Waals surface area contributed by atoms with Gasteiger partial charge in [-0.2, -0.15) is 5.10 Å². The summed E-state index contributed by atoms with van der Waals surface area (Å²) in [6.07, 6.45) is 9.27. The van der Waals surface area contributed by atoms with Crippen LogP contribution in [-0.4, -0.2) is 35.6 Å². The van der Waals surface area contributed by atoms with Crippen LogP contribution in [0.5, 0.6) is 0 Å². The third kappa shape index (κ3) is 3.94. The van der Waals surface area contributed by atoms with Crippen molar-refractivity contribution in [3.05, 3.63) is 18.5 Å². The third-order valence-electron chi connectivity index (χ3n) is 2.98. The summed E-state index contributed by atoms with van der Waals surface area (Å²) in [4.78, 5) is 0. The molecule has 1 saturated heterocycles. The molecule has 1 N–H and O–H groups in total. The van der Waals surface area contributed by atoms with Gasteiger partial charge in [0.1, 0.15) is 0 Å². The second-order valence-corrected chi connectivity index (χ2v) is 4.30. The van der Waals surface area contributed by atoms with E-state index in [0.717, 1.165) is 26.2 Å². The van der Waals surface area contributed by atoms with E-state index >= 15 is 0 Å². The Morgan fingerprint density at radius 1 is 1.44 bits per heavy atom. The van der Waals surface area contributed by atoms with Gasteiger partial charge in [0.25, 0.3) is 0 Å². The van der Waals surface area contributed by atoms with Crippen LogP contribution in [0.3, 0.4) is 0 Å². The van der Waals surface area contributed by atoms with Crippen LogP contribution in [0.1, 0.15) is 25.7 Å². The van der Waals surface area contributed by atoms with Gasteiger partial charge in [-0.1, -0.05) is 0 Å². The lowest BCUT2D eigenvalue weighted by Crippen LogP contribution is -2.22. The summed E-state index contributed by atoms with van der Waals surface area (Å²) >= 11 is 0. The minimum atomic E-state index is 0.535. The van der Waals surface area contributed by atoms with Crippen molar-refractivity contribution < 1.29 is 4.74 Å². The van der Waals surface area contributed by atoms with Crippen molar-refractivity contribution in [3.63, 3.8) is 0 Å². The molecule has 0 spiro atoms. The molecule has 2 heterocycles. The Balaban J connectivity index is 1.43. The maximum absolute atomic E-state index is 5.58. The smallest absolute Gasteiger partial charge is 0.0576 e. The van der Waals surface area contributed by atoms with Gasteiger partial charge < -0.3 is 10.1 Å². The molecule has 90 valence electrons. The first-order chi connectivity index (χ1) is 7.95. The summed E-state index contributed by atoms with van der Waals surface area (Å²) in [5, 5.41) is 7.58. The fourth-order valence-corrected chi connectivity index (χ4v) is 2.08. The Hall–Kier alpha value is -0.870. The van der Waals surface area contributed by atoms with Gasteiger partial charge in [-0.05, 0) is 38.3 Å². The van der Waals surface area contributed by atoms with Crippen LogP contribution in [-0.2, 0) is 11.3 Å². The van der Waals surface area contributed by atoms with Crippen LogP contribution in [0.15, 0.2) is 18.5 Å². The molecule has 1 aromatic heterocycles. The average molecular weight is 223 g/mol. The number of ether oxygens (including phenoxy) is 1. The van der Waals surface area contributed by atoms with Crippen molar-refractivity contribution in [2.75, 3.05) is 19.7 Å². The number of aromatic nitrogens is 2. The number of nitrogens with zero attached hydrogens (tertiary/aromatic N) is 2. The molecule has 0 aliphatic carbocycles. The van der Waals surface area contributed by atoms with Crippen molar-refractivity contribution in [1.82, 2.24) is 15.1 Å². The van der Waals surface area contributed by atoms with Crippen LogP contribution in [0.2, 0.25) is 0 Å². The molecule has 0 saturated carbocycles. The van der Waals surface area contributed by atoms with Crippen molar-refractivity contribution in [1.29, 1.82) is 0 Å². The van der Waals surface area contributed by atoms with E-state index in [1.165, 1.54) is 25.7 Å². The second-order valence-electron chi connectivity index (χ2n) is 4.30. The zero-order valence-corrected chi connectivity index (χ0v) is 9.77. The first-order valence-corrected chi connectivity index (χ1v) is 6.25. The molecule has 1 aliphatic heterocycles. The van der Waals surface area contributed by atoms with Crippen molar-refractivity contribution >= 4 is 0 Å². The number of rotatable bonds is 7. The highest BCUT2D eigenvalue weighted by atomic mass is 16.5. The first-order valence-electron chi connectivity index (χ1n) is 6.25. The van der Waals surface area contributed by atoms with Gasteiger partial charge >= 0.3 is 0 Å². The van der Waals surface area contributed by atoms with Crippen LogP contribution < -0.4 is 5.32 Å². The highest BCUT2D eigenvalue weighted by Gasteiger charge is 2.14. The van der Waals surface area contributed by atoms with E-state index in [2.05, 4.69) is 10.4 Å². The maximum atomic E-state index is 5.58. The van der Waals surface area contributed by atoms with Crippen molar-refractivity contribution in [3.8, 4) is 0 Å². The largest absolute Gasteiger partial charge is 0.378 e. The summed E-state index contributed by atoms with van der Waals surface area (Å²) in [7, 11) is 0. The fourth-order valence-electron chi connectivity index (χ4n) is 2.08. The molecule has 1 fully saturated rings. The maximum Gasteiger partial charge on any atom is 0.0576 e. The van der Waals surface area contributed by atoms with E-state index in [0.29, 0.717) is 6.10 Å². The number of nitrogens with one attached hydrogen (secondary N) is 1. The number of hydrogen-bond donors (Lipinski definition) is 1. The molecule has 1 aliphatic rings. The van der Waals surface area contributed by atoms with Gasteiger partial charge in [-0.25, -0.2) is 0 Å². The molecule has 0 bridgehead atoms. The number of hydrogen-bond acceptors (Lipinski definition) is 3. The molecular formula is C12H21N3O. The van der Waals surface area contributed by atoms with Gasteiger partial charge in [0.2, 0.25) is 0 Å². The minimum absolute atomic E-state index is 0.535. The quantitative estimate of drug-likeness (QED) is 0.711. The Labute approximate surface area is 97.0 Å². The fraction of sp³-hybridized carbons (Fsp3) is 0.750. The lowest BCUT2D eigenvalue weighted by atomic mass is 10.1. The molecule has 16 heavy (non-hydrogen) atoms. The van der Waals surface area contributed by atoms with Crippen LogP contribution in [0.25, 0.3) is 0 Å². The molecule has 1 atom stereocenters. The van der Waals surface area contributed by atoms with E-state index < -0.39 is 0 Å². The summed E-state index contributed by atoms with van der Waals surface area (Å²) in [6.45, 7) is 4.00. The van der Waals surface area contributed by atoms with Gasteiger partial charge in [0.05, 0.1) is 12.6 Å². The monoisotopic (exact) mass is 223 g/mol. The SMILES string of the molecule is c1cnn(CCNCCCC2CCCO2)c1. The lowest BCUT2D eigenvalue weighted by molar-refractivity contribution is 0.102. The van der Waals surface area contributed by atoms with Crippen LogP contribution >= 0.6 is 0 Å². The van der Waals surface area contributed by atoms with E-state index in [1.54, 1.807) is 0 Å². The van der Waals surface area contributed by atoms with Gasteiger partial charge in [-0.3, -0.25) is 4.68 Å². The predicted octanol–water partition coefficient (Wildman–Crippen LogP) is 1.43. The van der Waals surface area contributed by atoms with E-state index in [-0.39, 0.29) is 0 Å². The van der Waals surface area contributed by atoms with Crippen LogP contribution in [0.4, 0.5) is 0 Å². The second kappa shape index (κ2) is 6.66. The Morgan fingerprint density at radius 2 is 2.44 bits per heavy atom. The summed E-state index contributed by atoms with van der Waals surface area (Å²) < 4.78 is 7.53. The zero-order chi connectivity index (χ0) is 11.1. The zero-order valence-electron chi connectivity index (χ0n) is 9.77. The summed E-state index contributed by atoms with van der Waals surface area (Å²) in [5.41, 5.74) is 0. The predicted molar refractivity (Wildman–Crippen MR) is 63.3 cm³/mol. The Kier molecular flexibility index (Phi) is 4.83. The normalized spacial score (nSPS) is 20.4. The lowest BCUT2D eigenvalue weighted by Gasteiger charge is -2.09.